The number of hydrogen-bond acceptors (Lipinski definition) is 6. The molecule has 0 atom stereocenters. The number of aromatic nitrogens is 1. The molecule has 0 spiro atoms. The van der Waals surface area contributed by atoms with Gasteiger partial charge in [-0.1, -0.05) is 0 Å². The minimum absolute atomic E-state index is 0.0151. The number of pyridine rings is 1. The molecule has 1 aromatic heterocycles. The topological polar surface area (TPSA) is 107 Å². The lowest BCUT2D eigenvalue weighted by Gasteiger charge is -2.16. The second kappa shape index (κ2) is 5.77. The van der Waals surface area contributed by atoms with Gasteiger partial charge in [-0.05, 0) is 15.9 Å². The van der Waals surface area contributed by atoms with Crippen LogP contribution in [0.3, 0.4) is 0 Å². The van der Waals surface area contributed by atoms with E-state index < -0.39 is 4.92 Å². The third-order valence-corrected chi connectivity index (χ3v) is 2.27. The molecule has 0 fully saturated rings. The van der Waals surface area contributed by atoms with Crippen LogP contribution in [-0.2, 0) is 0 Å². The standard InChI is InChI=1S/C9H6BrN5O2/c10-7-5-8(15(16)17)9(13-6-7)14(3-1-11)4-2-12/h5-6H,3-4H2. The summed E-state index contributed by atoms with van der Waals surface area (Å²) in [5.74, 6) is 0.0151. The minimum Gasteiger partial charge on any atom is -0.324 e. The summed E-state index contributed by atoms with van der Waals surface area (Å²) in [5.41, 5.74) is -0.245. The van der Waals surface area contributed by atoms with E-state index in [0.717, 1.165) is 0 Å². The summed E-state index contributed by atoms with van der Waals surface area (Å²) in [6.07, 6.45) is 1.38. The van der Waals surface area contributed by atoms with Crippen LogP contribution in [0.1, 0.15) is 0 Å². The molecule has 86 valence electrons. The molecule has 17 heavy (non-hydrogen) atoms. The molecule has 0 bridgehead atoms. The van der Waals surface area contributed by atoms with Crippen molar-refractivity contribution in [2.24, 2.45) is 0 Å². The molecule has 0 radical (unpaired) electrons. The van der Waals surface area contributed by atoms with E-state index in [4.69, 9.17) is 10.5 Å². The van der Waals surface area contributed by atoms with Crippen molar-refractivity contribution in [3.05, 3.63) is 26.9 Å². The second-order valence-corrected chi connectivity index (χ2v) is 3.84. The Morgan fingerprint density at radius 1 is 1.47 bits per heavy atom. The SMILES string of the molecule is N#CCN(CC#N)c1ncc(Br)cc1[N+](=O)[O-]. The maximum Gasteiger partial charge on any atom is 0.312 e. The Morgan fingerprint density at radius 2 is 2.06 bits per heavy atom. The molecule has 8 heteroatoms. The summed E-state index contributed by atoms with van der Waals surface area (Å²) in [6, 6.07) is 4.95. The fraction of sp³-hybridized carbons (Fsp3) is 0.222. The van der Waals surface area contributed by atoms with Crippen LogP contribution >= 0.6 is 15.9 Å². The summed E-state index contributed by atoms with van der Waals surface area (Å²) in [5, 5.41) is 28.0. The highest BCUT2D eigenvalue weighted by molar-refractivity contribution is 9.10. The van der Waals surface area contributed by atoms with Crippen molar-refractivity contribution in [1.82, 2.24) is 4.98 Å². The summed E-state index contributed by atoms with van der Waals surface area (Å²) in [7, 11) is 0. The lowest BCUT2D eigenvalue weighted by molar-refractivity contribution is -0.384. The zero-order chi connectivity index (χ0) is 12.8. The maximum atomic E-state index is 10.8. The van der Waals surface area contributed by atoms with Gasteiger partial charge >= 0.3 is 5.69 Å². The first-order valence-electron chi connectivity index (χ1n) is 4.39. The Kier molecular flexibility index (Phi) is 4.37. The smallest absolute Gasteiger partial charge is 0.312 e. The number of nitro groups is 1. The van der Waals surface area contributed by atoms with Gasteiger partial charge in [-0.25, -0.2) is 4.98 Å². The first kappa shape index (κ1) is 12.9. The van der Waals surface area contributed by atoms with E-state index in [1.54, 1.807) is 0 Å². The van der Waals surface area contributed by atoms with Crippen molar-refractivity contribution >= 4 is 27.4 Å². The number of hydrogen-bond donors (Lipinski definition) is 0. The highest BCUT2D eigenvalue weighted by atomic mass is 79.9. The van der Waals surface area contributed by atoms with E-state index in [2.05, 4.69) is 20.9 Å². The predicted octanol–water partition coefficient (Wildman–Crippen LogP) is 1.61. The van der Waals surface area contributed by atoms with Gasteiger partial charge in [-0.15, -0.1) is 0 Å². The summed E-state index contributed by atoms with van der Waals surface area (Å²) < 4.78 is 0.460. The van der Waals surface area contributed by atoms with Gasteiger partial charge in [0.15, 0.2) is 0 Å². The molecule has 0 amide bonds. The van der Waals surface area contributed by atoms with Gasteiger partial charge in [-0.2, -0.15) is 10.5 Å². The van der Waals surface area contributed by atoms with Gasteiger partial charge in [0, 0.05) is 16.7 Å². The van der Waals surface area contributed by atoms with Crippen LogP contribution in [0.25, 0.3) is 0 Å². The number of anilines is 1. The minimum atomic E-state index is -0.602. The van der Waals surface area contributed by atoms with Gasteiger partial charge in [0.2, 0.25) is 5.82 Å². The molecule has 7 nitrogen and oxygen atoms in total. The number of nitrogens with zero attached hydrogens (tertiary/aromatic N) is 5. The average Bonchev–Trinajstić information content (AvgIpc) is 2.28. The second-order valence-electron chi connectivity index (χ2n) is 2.93. The Hall–Kier alpha value is -2.19. The van der Waals surface area contributed by atoms with E-state index in [9.17, 15) is 10.1 Å². The van der Waals surface area contributed by atoms with Crippen LogP contribution in [0.5, 0.6) is 0 Å². The van der Waals surface area contributed by atoms with Crippen molar-refractivity contribution in [2.45, 2.75) is 0 Å². The maximum absolute atomic E-state index is 10.8. The highest BCUT2D eigenvalue weighted by Gasteiger charge is 2.21. The molecule has 0 aliphatic carbocycles. The van der Waals surface area contributed by atoms with Gasteiger partial charge in [0.05, 0.1) is 17.1 Å². The van der Waals surface area contributed by atoms with Crippen LogP contribution in [0.4, 0.5) is 11.5 Å². The Bertz CT molecular complexity index is 503. The molecule has 1 rings (SSSR count). The zero-order valence-electron chi connectivity index (χ0n) is 8.50. The van der Waals surface area contributed by atoms with E-state index in [-0.39, 0.29) is 24.6 Å². The molecule has 0 aromatic carbocycles. The fourth-order valence-electron chi connectivity index (χ4n) is 1.18. The van der Waals surface area contributed by atoms with Crippen LogP contribution in [0.15, 0.2) is 16.7 Å². The summed E-state index contributed by atoms with van der Waals surface area (Å²) in [4.78, 5) is 15.3. The van der Waals surface area contributed by atoms with Gasteiger partial charge in [0.1, 0.15) is 13.1 Å². The van der Waals surface area contributed by atoms with Crippen molar-refractivity contribution in [3.8, 4) is 12.1 Å². The molecule has 1 aromatic rings. The first-order valence-corrected chi connectivity index (χ1v) is 5.18. The molecular weight excluding hydrogens is 290 g/mol. The van der Waals surface area contributed by atoms with Gasteiger partial charge < -0.3 is 4.90 Å². The summed E-state index contributed by atoms with van der Waals surface area (Å²) in [6.45, 7) is -0.272. The van der Waals surface area contributed by atoms with Crippen molar-refractivity contribution < 1.29 is 4.92 Å². The van der Waals surface area contributed by atoms with Crippen LogP contribution in [-0.4, -0.2) is 23.0 Å². The van der Waals surface area contributed by atoms with E-state index >= 15 is 0 Å². The highest BCUT2D eigenvalue weighted by Crippen LogP contribution is 2.28. The van der Waals surface area contributed by atoms with Crippen molar-refractivity contribution in [3.63, 3.8) is 0 Å². The fourth-order valence-corrected chi connectivity index (χ4v) is 1.49. The normalized spacial score (nSPS) is 9.12. The average molecular weight is 296 g/mol. The number of rotatable bonds is 4. The van der Waals surface area contributed by atoms with Gasteiger partial charge in [0.25, 0.3) is 0 Å². The predicted molar refractivity (Wildman–Crippen MR) is 62.0 cm³/mol. The number of halogens is 1. The third kappa shape index (κ3) is 3.13. The summed E-state index contributed by atoms with van der Waals surface area (Å²) >= 11 is 3.08. The first-order chi connectivity index (χ1) is 8.10. The van der Waals surface area contributed by atoms with Gasteiger partial charge in [-0.3, -0.25) is 10.1 Å². The quantitative estimate of drug-likeness (QED) is 0.474. The molecule has 0 saturated carbocycles. The molecule has 0 unspecified atom stereocenters. The molecule has 0 N–H and O–H groups in total. The lowest BCUT2D eigenvalue weighted by atomic mass is 10.3. The van der Waals surface area contributed by atoms with E-state index in [1.807, 2.05) is 12.1 Å². The third-order valence-electron chi connectivity index (χ3n) is 1.83. The zero-order valence-corrected chi connectivity index (χ0v) is 10.1. The molecule has 0 aliphatic heterocycles. The molecule has 0 saturated heterocycles. The Labute approximate surface area is 105 Å². The molecular formula is C9H6BrN5O2. The number of nitriles is 2. The Balaban J connectivity index is 3.23. The van der Waals surface area contributed by atoms with Crippen LogP contribution in [0, 0.1) is 32.8 Å². The molecule has 0 aliphatic rings. The monoisotopic (exact) mass is 295 g/mol. The van der Waals surface area contributed by atoms with E-state index in [1.165, 1.54) is 17.2 Å². The lowest BCUT2D eigenvalue weighted by Crippen LogP contribution is -2.25. The largest absolute Gasteiger partial charge is 0.324 e. The Morgan fingerprint density at radius 3 is 2.53 bits per heavy atom. The van der Waals surface area contributed by atoms with E-state index in [0.29, 0.717) is 4.47 Å². The van der Waals surface area contributed by atoms with Crippen LogP contribution in [0.2, 0.25) is 0 Å². The van der Waals surface area contributed by atoms with Crippen molar-refractivity contribution in [1.29, 1.82) is 10.5 Å². The molecule has 1 heterocycles. The van der Waals surface area contributed by atoms with Crippen molar-refractivity contribution in [2.75, 3.05) is 18.0 Å². The van der Waals surface area contributed by atoms with Crippen LogP contribution < -0.4 is 4.90 Å².